The summed E-state index contributed by atoms with van der Waals surface area (Å²) in [5, 5.41) is 11.5. The molecule has 1 heterocycles. The van der Waals surface area contributed by atoms with Crippen LogP contribution in [-0.4, -0.2) is 22.0 Å². The van der Waals surface area contributed by atoms with E-state index in [9.17, 15) is 14.0 Å². The van der Waals surface area contributed by atoms with Gasteiger partial charge in [0.15, 0.2) is 0 Å². The van der Waals surface area contributed by atoms with Gasteiger partial charge in [-0.05, 0) is 38.0 Å². The van der Waals surface area contributed by atoms with Crippen LogP contribution in [0.25, 0.3) is 0 Å². The van der Waals surface area contributed by atoms with Crippen LogP contribution in [0.4, 0.5) is 10.1 Å². The molecule has 2 aromatic rings. The Morgan fingerprint density at radius 3 is 2.68 bits per heavy atom. The molecule has 0 aliphatic heterocycles. The Balaban J connectivity index is 1.82. The lowest BCUT2D eigenvalue weighted by Gasteiger charge is -2.18. The van der Waals surface area contributed by atoms with Gasteiger partial charge in [0.05, 0.1) is 16.4 Å². The van der Waals surface area contributed by atoms with Crippen LogP contribution in [0.1, 0.15) is 49.5 Å². The quantitative estimate of drug-likeness (QED) is 0.482. The first-order chi connectivity index (χ1) is 13.3. The maximum Gasteiger partial charge on any atom is 0.312 e. The molecule has 1 saturated carbocycles. The van der Waals surface area contributed by atoms with Crippen LogP contribution in [0, 0.1) is 5.82 Å². The number of nitrogens with zero attached hydrogens (tertiary/aromatic N) is 1. The highest BCUT2D eigenvalue weighted by Crippen LogP contribution is 2.43. The molecular weight excluding hydrogens is 410 g/mol. The lowest BCUT2D eigenvalue weighted by atomic mass is 10.1. The van der Waals surface area contributed by atoms with Gasteiger partial charge in [-0.2, -0.15) is 0 Å². The summed E-state index contributed by atoms with van der Waals surface area (Å²) in [7, 11) is 0. The zero-order chi connectivity index (χ0) is 20.4. The predicted molar refractivity (Wildman–Crippen MR) is 103 cm³/mol. The number of hydrogen-bond acceptors (Lipinski definition) is 4. The molecule has 3 rings (SSSR count). The average Bonchev–Trinajstić information content (AvgIpc) is 3.44. The molecule has 1 aromatic carbocycles. The predicted octanol–water partition coefficient (Wildman–Crippen LogP) is 4.96. The lowest BCUT2D eigenvalue weighted by molar-refractivity contribution is -0.139. The van der Waals surface area contributed by atoms with E-state index in [1.54, 1.807) is 19.1 Å². The van der Waals surface area contributed by atoms with Gasteiger partial charge in [0.2, 0.25) is 11.8 Å². The Kier molecular flexibility index (Phi) is 6.05. The number of rotatable bonds is 7. The Hall–Kier alpha value is -2.38. The van der Waals surface area contributed by atoms with Crippen molar-refractivity contribution in [3.05, 3.63) is 51.4 Å². The SMILES string of the molecule is C[C@H](Oc1ccc(NC(=O)CC(=O)O)c(C2CC2)n1)c1c(Cl)ccc(F)c1Cl. The molecule has 0 saturated heterocycles. The van der Waals surface area contributed by atoms with E-state index < -0.39 is 30.2 Å². The highest BCUT2D eigenvalue weighted by molar-refractivity contribution is 6.36. The summed E-state index contributed by atoms with van der Waals surface area (Å²) in [5.41, 5.74) is 1.40. The molecule has 1 aliphatic carbocycles. The monoisotopic (exact) mass is 426 g/mol. The van der Waals surface area contributed by atoms with Gasteiger partial charge in [0.25, 0.3) is 0 Å². The van der Waals surface area contributed by atoms with Crippen LogP contribution in [0.2, 0.25) is 10.0 Å². The summed E-state index contributed by atoms with van der Waals surface area (Å²) in [6.45, 7) is 1.67. The Labute approximate surface area is 170 Å². The summed E-state index contributed by atoms with van der Waals surface area (Å²) in [5.74, 6) is -2.00. The number of benzene rings is 1. The van der Waals surface area contributed by atoms with Gasteiger partial charge in [-0.15, -0.1) is 0 Å². The van der Waals surface area contributed by atoms with Crippen molar-refractivity contribution in [2.45, 2.75) is 38.2 Å². The van der Waals surface area contributed by atoms with Gasteiger partial charge in [-0.25, -0.2) is 9.37 Å². The standard InChI is InChI=1S/C19H17Cl2FN2O4/c1-9(17-11(20)4-5-12(22)18(17)21)28-15-7-6-13(19(24-15)10-2-3-10)23-14(25)8-16(26)27/h4-7,9-10H,2-3,8H2,1H3,(H,23,25)(H,26,27)/t9-/m0/s1. The highest BCUT2D eigenvalue weighted by atomic mass is 35.5. The second-order valence-corrected chi connectivity index (χ2v) is 7.28. The lowest BCUT2D eigenvalue weighted by Crippen LogP contribution is -2.17. The fourth-order valence-corrected chi connectivity index (χ4v) is 3.46. The molecule has 1 aliphatic rings. The smallest absolute Gasteiger partial charge is 0.312 e. The van der Waals surface area contributed by atoms with Gasteiger partial charge < -0.3 is 15.2 Å². The molecular formula is C19H17Cl2FN2O4. The molecule has 1 amide bonds. The topological polar surface area (TPSA) is 88.5 Å². The van der Waals surface area contributed by atoms with E-state index in [0.29, 0.717) is 16.9 Å². The van der Waals surface area contributed by atoms with Crippen LogP contribution in [0.3, 0.4) is 0 Å². The number of amides is 1. The minimum atomic E-state index is -1.21. The van der Waals surface area contributed by atoms with Gasteiger partial charge >= 0.3 is 5.97 Å². The van der Waals surface area contributed by atoms with Crippen LogP contribution < -0.4 is 10.1 Å². The molecule has 1 aromatic heterocycles. The highest BCUT2D eigenvalue weighted by Gasteiger charge is 2.29. The van der Waals surface area contributed by atoms with Gasteiger partial charge in [-0.1, -0.05) is 23.2 Å². The minimum absolute atomic E-state index is 0.111. The number of carbonyl (C=O) groups is 2. The Morgan fingerprint density at radius 1 is 1.32 bits per heavy atom. The molecule has 1 fully saturated rings. The van der Waals surface area contributed by atoms with E-state index in [2.05, 4.69) is 10.3 Å². The molecule has 0 radical (unpaired) electrons. The number of aliphatic carboxylic acids is 1. The first-order valence-corrected chi connectivity index (χ1v) is 9.34. The number of hydrogen-bond donors (Lipinski definition) is 2. The van der Waals surface area contributed by atoms with Crippen molar-refractivity contribution in [1.82, 2.24) is 4.98 Å². The molecule has 148 valence electrons. The van der Waals surface area contributed by atoms with Gasteiger partial charge in [-0.3, -0.25) is 9.59 Å². The number of ether oxygens (including phenoxy) is 1. The maximum absolute atomic E-state index is 13.8. The largest absolute Gasteiger partial charge is 0.481 e. The maximum atomic E-state index is 13.8. The van der Waals surface area contributed by atoms with E-state index in [0.717, 1.165) is 12.8 Å². The zero-order valence-electron chi connectivity index (χ0n) is 14.8. The third-order valence-corrected chi connectivity index (χ3v) is 4.95. The molecule has 0 unspecified atom stereocenters. The van der Waals surface area contributed by atoms with Crippen molar-refractivity contribution < 1.29 is 23.8 Å². The summed E-state index contributed by atoms with van der Waals surface area (Å²) in [4.78, 5) is 26.9. The van der Waals surface area contributed by atoms with E-state index in [1.165, 1.54) is 12.1 Å². The third-order valence-electron chi connectivity index (χ3n) is 4.23. The summed E-state index contributed by atoms with van der Waals surface area (Å²) < 4.78 is 19.6. The molecule has 9 heteroatoms. The summed E-state index contributed by atoms with van der Waals surface area (Å²) in [6.07, 6.45) is 0.531. The number of halogens is 3. The van der Waals surface area contributed by atoms with Crippen LogP contribution in [-0.2, 0) is 9.59 Å². The van der Waals surface area contributed by atoms with Gasteiger partial charge in [0, 0.05) is 22.6 Å². The molecule has 0 spiro atoms. The fourth-order valence-electron chi connectivity index (χ4n) is 2.78. The molecule has 1 atom stereocenters. The van der Waals surface area contributed by atoms with Crippen molar-refractivity contribution in [3.8, 4) is 5.88 Å². The van der Waals surface area contributed by atoms with Crippen LogP contribution >= 0.6 is 23.2 Å². The first-order valence-electron chi connectivity index (χ1n) is 8.59. The number of aromatic nitrogens is 1. The number of nitrogens with one attached hydrogen (secondary N) is 1. The molecule has 2 N–H and O–H groups in total. The average molecular weight is 427 g/mol. The van der Waals surface area contributed by atoms with Crippen molar-refractivity contribution in [3.63, 3.8) is 0 Å². The van der Waals surface area contributed by atoms with E-state index in [1.807, 2.05) is 0 Å². The number of carboxylic acid groups (broad SMARTS) is 1. The van der Waals surface area contributed by atoms with Crippen molar-refractivity contribution in [2.24, 2.45) is 0 Å². The van der Waals surface area contributed by atoms with E-state index >= 15 is 0 Å². The Morgan fingerprint density at radius 2 is 2.04 bits per heavy atom. The zero-order valence-corrected chi connectivity index (χ0v) is 16.4. The fraction of sp³-hybridized carbons (Fsp3) is 0.316. The number of carbonyl (C=O) groups excluding carboxylic acids is 1. The second kappa shape index (κ2) is 8.32. The van der Waals surface area contributed by atoms with Crippen molar-refractivity contribution in [1.29, 1.82) is 0 Å². The van der Waals surface area contributed by atoms with E-state index in [4.69, 9.17) is 33.0 Å². The minimum Gasteiger partial charge on any atom is -0.481 e. The number of anilines is 1. The van der Waals surface area contributed by atoms with Crippen molar-refractivity contribution in [2.75, 3.05) is 5.32 Å². The van der Waals surface area contributed by atoms with Gasteiger partial charge in [0.1, 0.15) is 18.3 Å². The van der Waals surface area contributed by atoms with E-state index in [-0.39, 0.29) is 21.8 Å². The summed E-state index contributed by atoms with van der Waals surface area (Å²) >= 11 is 12.2. The number of pyridine rings is 1. The molecule has 28 heavy (non-hydrogen) atoms. The Bertz CT molecular complexity index is 934. The van der Waals surface area contributed by atoms with Crippen molar-refractivity contribution >= 4 is 40.8 Å². The molecule has 6 nitrogen and oxygen atoms in total. The third kappa shape index (κ3) is 4.72. The van der Waals surface area contributed by atoms with Crippen LogP contribution in [0.15, 0.2) is 24.3 Å². The van der Waals surface area contributed by atoms with Crippen LogP contribution in [0.5, 0.6) is 5.88 Å². The number of carboxylic acids is 1. The normalized spacial score (nSPS) is 14.4. The first kappa shape index (κ1) is 20.4. The second-order valence-electron chi connectivity index (χ2n) is 6.49. The molecule has 0 bridgehead atoms. The summed E-state index contributed by atoms with van der Waals surface area (Å²) in [6, 6.07) is 5.73.